The molecule has 0 aliphatic heterocycles. The largest absolute Gasteiger partial charge is 0.506 e. The Balaban J connectivity index is 2.46. The summed E-state index contributed by atoms with van der Waals surface area (Å²) in [5, 5.41) is 12.1. The third kappa shape index (κ3) is 2.45. The summed E-state index contributed by atoms with van der Waals surface area (Å²) < 4.78 is 37.8. The van der Waals surface area contributed by atoms with Crippen molar-refractivity contribution in [2.45, 2.75) is 12.7 Å². The molecule has 2 heterocycles. The second-order valence-corrected chi connectivity index (χ2v) is 3.30. The zero-order chi connectivity index (χ0) is 13.2. The van der Waals surface area contributed by atoms with E-state index in [4.69, 9.17) is 5.11 Å². The third-order valence-corrected chi connectivity index (χ3v) is 2.06. The number of rotatable bonds is 3. The van der Waals surface area contributed by atoms with Gasteiger partial charge in [0, 0.05) is 12.6 Å². The highest BCUT2D eigenvalue weighted by molar-refractivity contribution is 5.47. The van der Waals surface area contributed by atoms with Crippen LogP contribution in [0.2, 0.25) is 0 Å². The van der Waals surface area contributed by atoms with Crippen molar-refractivity contribution in [3.63, 3.8) is 0 Å². The molecular weight excluding hydrogens is 251 g/mol. The summed E-state index contributed by atoms with van der Waals surface area (Å²) in [5.41, 5.74) is 0.187. The smallest absolute Gasteiger partial charge is 0.396 e. The van der Waals surface area contributed by atoms with Crippen molar-refractivity contribution in [3.8, 4) is 11.5 Å². The highest BCUT2D eigenvalue weighted by Crippen LogP contribution is 2.24. The molecule has 96 valence electrons. The van der Waals surface area contributed by atoms with Crippen LogP contribution in [-0.2, 0) is 12.7 Å². The van der Waals surface area contributed by atoms with Crippen LogP contribution in [0.3, 0.4) is 0 Å². The molecule has 0 fully saturated rings. The van der Waals surface area contributed by atoms with Crippen molar-refractivity contribution < 1.29 is 18.3 Å². The lowest BCUT2D eigenvalue weighted by Crippen LogP contribution is -2.21. The van der Waals surface area contributed by atoms with E-state index in [0.29, 0.717) is 0 Å². The number of aliphatic hydroxyl groups excluding tert-OH is 1. The molecule has 2 aromatic rings. The Bertz CT molecular complexity index is 525. The van der Waals surface area contributed by atoms with E-state index in [-0.39, 0.29) is 28.4 Å². The second kappa shape index (κ2) is 4.69. The molecule has 9 heteroatoms. The monoisotopic (exact) mass is 259 g/mol. The molecule has 0 aliphatic rings. The van der Waals surface area contributed by atoms with E-state index in [1.54, 1.807) is 0 Å². The number of nitrogens with zero attached hydrogens (tertiary/aromatic N) is 5. The molecule has 2 aromatic heterocycles. The molecule has 0 spiro atoms. The van der Waals surface area contributed by atoms with Gasteiger partial charge in [-0.2, -0.15) is 4.68 Å². The minimum atomic E-state index is -4.68. The summed E-state index contributed by atoms with van der Waals surface area (Å²) in [6.45, 7) is -0.446. The fourth-order valence-corrected chi connectivity index (χ4v) is 1.34. The van der Waals surface area contributed by atoms with E-state index in [2.05, 4.69) is 20.1 Å². The average molecular weight is 259 g/mol. The molecule has 0 aromatic carbocycles. The molecule has 0 radical (unpaired) electrons. The maximum Gasteiger partial charge on any atom is 0.506 e. The predicted octanol–water partition coefficient (Wildman–Crippen LogP) is 0.746. The minimum absolute atomic E-state index is 0.154. The van der Waals surface area contributed by atoms with Gasteiger partial charge in [-0.05, 0) is 6.07 Å². The van der Waals surface area contributed by atoms with Crippen LogP contribution in [0.15, 0.2) is 18.6 Å². The maximum absolute atomic E-state index is 12.6. The second-order valence-electron chi connectivity index (χ2n) is 3.30. The van der Waals surface area contributed by atoms with Crippen LogP contribution in [0.5, 0.6) is 0 Å². The number of hydrogen-bond acceptors (Lipinski definition) is 5. The van der Waals surface area contributed by atoms with E-state index in [0.717, 1.165) is 0 Å². The molecule has 1 N–H and O–H groups in total. The predicted molar refractivity (Wildman–Crippen MR) is 53.1 cm³/mol. The fourth-order valence-electron chi connectivity index (χ4n) is 1.34. The van der Waals surface area contributed by atoms with E-state index in [9.17, 15) is 13.2 Å². The van der Waals surface area contributed by atoms with Gasteiger partial charge in [-0.25, -0.2) is 15.0 Å². The first-order chi connectivity index (χ1) is 8.52. The van der Waals surface area contributed by atoms with Gasteiger partial charge in [0.1, 0.15) is 17.8 Å². The number of hydrogen-bond donors (Lipinski definition) is 1. The van der Waals surface area contributed by atoms with Gasteiger partial charge < -0.3 is 5.11 Å². The number of alkyl halides is 3. The van der Waals surface area contributed by atoms with Gasteiger partial charge in [0.15, 0.2) is 5.82 Å². The van der Waals surface area contributed by atoms with Gasteiger partial charge in [-0.1, -0.05) is 0 Å². The van der Waals surface area contributed by atoms with Gasteiger partial charge in [0.05, 0.1) is 6.61 Å². The highest BCUT2D eigenvalue weighted by Gasteiger charge is 2.35. The summed E-state index contributed by atoms with van der Waals surface area (Å²) in [6, 6.07) is 1.40. The summed E-state index contributed by atoms with van der Waals surface area (Å²) in [6.07, 6.45) is -2.35. The lowest BCUT2D eigenvalue weighted by Gasteiger charge is -2.07. The van der Waals surface area contributed by atoms with E-state index >= 15 is 0 Å². The Labute approximate surface area is 99.1 Å². The molecule has 2 rings (SSSR count). The molecule has 6 nitrogen and oxygen atoms in total. The molecule has 18 heavy (non-hydrogen) atoms. The SMILES string of the molecule is OCCc1nc(-c2ccncn2)nn1C(F)(F)F. The van der Waals surface area contributed by atoms with Crippen molar-refractivity contribution in [2.24, 2.45) is 0 Å². The number of halogens is 3. The minimum Gasteiger partial charge on any atom is -0.396 e. The zero-order valence-corrected chi connectivity index (χ0v) is 8.96. The summed E-state index contributed by atoms with van der Waals surface area (Å²) in [7, 11) is 0. The first-order valence-electron chi connectivity index (χ1n) is 4.92. The third-order valence-electron chi connectivity index (χ3n) is 2.06. The van der Waals surface area contributed by atoms with Crippen LogP contribution in [0.1, 0.15) is 5.82 Å². The topological polar surface area (TPSA) is 76.7 Å². The van der Waals surface area contributed by atoms with Crippen LogP contribution in [0.25, 0.3) is 11.5 Å². The molecule has 0 aliphatic carbocycles. The van der Waals surface area contributed by atoms with E-state index < -0.39 is 12.9 Å². The highest BCUT2D eigenvalue weighted by atomic mass is 19.4. The van der Waals surface area contributed by atoms with Crippen LogP contribution < -0.4 is 0 Å². The first-order valence-corrected chi connectivity index (χ1v) is 4.92. The first kappa shape index (κ1) is 12.4. The Morgan fingerprint density at radius 2 is 2.11 bits per heavy atom. The molecule has 0 amide bonds. The quantitative estimate of drug-likeness (QED) is 0.880. The fraction of sp³-hybridized carbons (Fsp3) is 0.333. The van der Waals surface area contributed by atoms with Crippen LogP contribution >= 0.6 is 0 Å². The summed E-state index contributed by atoms with van der Waals surface area (Å²) in [4.78, 5) is 11.1. The van der Waals surface area contributed by atoms with Crippen LogP contribution in [-0.4, -0.2) is 36.4 Å². The van der Waals surface area contributed by atoms with Crippen molar-refractivity contribution in [2.75, 3.05) is 6.61 Å². The van der Waals surface area contributed by atoms with Crippen LogP contribution in [0, 0.1) is 0 Å². The molecule has 0 unspecified atom stereocenters. The van der Waals surface area contributed by atoms with Crippen molar-refractivity contribution in [1.29, 1.82) is 0 Å². The molecular formula is C9H8F3N5O. The van der Waals surface area contributed by atoms with E-state index in [1.807, 2.05) is 0 Å². The van der Waals surface area contributed by atoms with Gasteiger partial charge in [-0.15, -0.1) is 18.3 Å². The summed E-state index contributed by atoms with van der Waals surface area (Å²) in [5.74, 6) is -0.517. The normalized spacial score (nSPS) is 11.8. The number of aliphatic hydroxyl groups is 1. The van der Waals surface area contributed by atoms with Crippen molar-refractivity contribution in [1.82, 2.24) is 24.7 Å². The van der Waals surface area contributed by atoms with Gasteiger partial charge in [0.25, 0.3) is 0 Å². The van der Waals surface area contributed by atoms with Crippen molar-refractivity contribution >= 4 is 0 Å². The van der Waals surface area contributed by atoms with Gasteiger partial charge >= 0.3 is 6.30 Å². The molecule has 0 bridgehead atoms. The standard InChI is InChI=1S/C9H8F3N5O/c10-9(11,12)17-7(2-4-18)15-8(16-17)6-1-3-13-5-14-6/h1,3,5,18H,2,4H2. The molecule has 0 atom stereocenters. The lowest BCUT2D eigenvalue weighted by atomic mass is 10.4. The number of aromatic nitrogens is 5. The maximum atomic E-state index is 12.6. The van der Waals surface area contributed by atoms with Gasteiger partial charge in [-0.3, -0.25) is 0 Å². The van der Waals surface area contributed by atoms with Gasteiger partial charge in [0.2, 0.25) is 0 Å². The Hall–Kier alpha value is -2.03. The lowest BCUT2D eigenvalue weighted by molar-refractivity contribution is -0.214. The van der Waals surface area contributed by atoms with Crippen molar-refractivity contribution in [3.05, 3.63) is 24.4 Å². The average Bonchev–Trinajstić information content (AvgIpc) is 2.75. The van der Waals surface area contributed by atoms with Crippen LogP contribution in [0.4, 0.5) is 13.2 Å². The molecule has 0 saturated carbocycles. The molecule has 0 saturated heterocycles. The zero-order valence-electron chi connectivity index (χ0n) is 8.96. The Morgan fingerprint density at radius 3 is 2.67 bits per heavy atom. The summed E-state index contributed by atoms with van der Waals surface area (Å²) >= 11 is 0. The van der Waals surface area contributed by atoms with E-state index in [1.165, 1.54) is 18.6 Å². The Morgan fingerprint density at radius 1 is 1.33 bits per heavy atom. The Kier molecular flexibility index (Phi) is 3.24.